The van der Waals surface area contributed by atoms with Crippen molar-refractivity contribution in [3.63, 3.8) is 0 Å². The molecule has 1 aliphatic rings. The third kappa shape index (κ3) is 4.32. The predicted octanol–water partition coefficient (Wildman–Crippen LogP) is 0.214. The summed E-state index contributed by atoms with van der Waals surface area (Å²) in [6, 6.07) is 0. The minimum atomic E-state index is -0.753. The van der Waals surface area contributed by atoms with Crippen LogP contribution >= 0.6 is 15.9 Å². The summed E-state index contributed by atoms with van der Waals surface area (Å²) in [4.78, 5) is 48.0. The molecule has 0 aromatic carbocycles. The normalized spacial score (nSPS) is 23.0. The minimum Gasteiger partial charge on any atom is -0.463 e. The quantitative estimate of drug-likeness (QED) is 0.550. The van der Waals surface area contributed by atoms with Gasteiger partial charge in [0.2, 0.25) is 0 Å². The SMILES string of the molecule is CC(=O)OCC1OC(n2cc(CBr)c(=O)[nH]c2=O)C[C@@H]1OC(C)=O. The number of hydrogen-bond donors (Lipinski definition) is 1. The average Bonchev–Trinajstić information content (AvgIpc) is 2.87. The van der Waals surface area contributed by atoms with Crippen LogP contribution in [0, 0.1) is 0 Å². The monoisotopic (exact) mass is 404 g/mol. The van der Waals surface area contributed by atoms with E-state index in [2.05, 4.69) is 20.9 Å². The first-order chi connectivity index (χ1) is 11.3. The number of nitrogens with zero attached hydrogens (tertiary/aromatic N) is 1. The summed E-state index contributed by atoms with van der Waals surface area (Å²) < 4.78 is 17.0. The third-order valence-electron chi connectivity index (χ3n) is 3.44. The number of nitrogens with one attached hydrogen (secondary N) is 1. The van der Waals surface area contributed by atoms with E-state index in [0.29, 0.717) is 5.56 Å². The maximum Gasteiger partial charge on any atom is 0.330 e. The van der Waals surface area contributed by atoms with E-state index in [-0.39, 0.29) is 18.4 Å². The van der Waals surface area contributed by atoms with Crippen LogP contribution in [0.15, 0.2) is 15.8 Å². The molecule has 132 valence electrons. The van der Waals surface area contributed by atoms with Crippen molar-refractivity contribution in [3.05, 3.63) is 32.6 Å². The summed E-state index contributed by atoms with van der Waals surface area (Å²) in [5.74, 6) is -1.00. The molecule has 10 heteroatoms. The molecule has 1 aromatic heterocycles. The van der Waals surface area contributed by atoms with Crippen molar-refractivity contribution in [1.82, 2.24) is 9.55 Å². The molecule has 9 nitrogen and oxygen atoms in total. The van der Waals surface area contributed by atoms with Crippen molar-refractivity contribution in [2.24, 2.45) is 0 Å². The highest BCUT2D eigenvalue weighted by Crippen LogP contribution is 2.30. The van der Waals surface area contributed by atoms with Gasteiger partial charge in [-0.2, -0.15) is 0 Å². The maximum absolute atomic E-state index is 12.0. The second-order valence-electron chi connectivity index (χ2n) is 5.27. The van der Waals surface area contributed by atoms with Crippen LogP contribution in [-0.2, 0) is 29.1 Å². The number of esters is 2. The molecule has 24 heavy (non-hydrogen) atoms. The molecule has 3 atom stereocenters. The van der Waals surface area contributed by atoms with Gasteiger partial charge in [0, 0.05) is 37.4 Å². The van der Waals surface area contributed by atoms with Gasteiger partial charge >= 0.3 is 17.6 Å². The zero-order valence-electron chi connectivity index (χ0n) is 13.1. The van der Waals surface area contributed by atoms with E-state index in [9.17, 15) is 19.2 Å². The molecule has 0 saturated carbocycles. The molecule has 1 aromatic rings. The van der Waals surface area contributed by atoms with Crippen molar-refractivity contribution >= 4 is 27.9 Å². The van der Waals surface area contributed by atoms with E-state index in [1.54, 1.807) is 0 Å². The highest BCUT2D eigenvalue weighted by atomic mass is 79.9. The molecular weight excluding hydrogens is 388 g/mol. The number of aromatic amines is 1. The van der Waals surface area contributed by atoms with Crippen molar-refractivity contribution in [2.45, 2.75) is 44.0 Å². The minimum absolute atomic E-state index is 0.104. The maximum atomic E-state index is 12.0. The predicted molar refractivity (Wildman–Crippen MR) is 84.7 cm³/mol. The Kier molecular flexibility index (Phi) is 5.94. The molecule has 1 fully saturated rings. The van der Waals surface area contributed by atoms with E-state index in [4.69, 9.17) is 14.2 Å². The van der Waals surface area contributed by atoms with E-state index in [0.717, 1.165) is 0 Å². The number of carbonyl (C=O) groups excluding carboxylic acids is 2. The fourth-order valence-corrected chi connectivity index (χ4v) is 2.79. The first-order valence-corrected chi connectivity index (χ1v) is 8.30. The van der Waals surface area contributed by atoms with Crippen molar-refractivity contribution in [3.8, 4) is 0 Å². The Morgan fingerprint density at radius 2 is 2.08 bits per heavy atom. The van der Waals surface area contributed by atoms with Gasteiger partial charge in [0.15, 0.2) is 0 Å². The average molecular weight is 405 g/mol. The van der Waals surface area contributed by atoms with Crippen LogP contribution < -0.4 is 11.2 Å². The zero-order chi connectivity index (χ0) is 17.9. The summed E-state index contributed by atoms with van der Waals surface area (Å²) in [5.41, 5.74) is -0.769. The van der Waals surface area contributed by atoms with E-state index in [1.807, 2.05) is 0 Å². The summed E-state index contributed by atoms with van der Waals surface area (Å²) >= 11 is 3.17. The molecule has 0 radical (unpaired) electrons. The molecule has 0 amide bonds. The molecule has 2 heterocycles. The Balaban J connectivity index is 2.25. The molecule has 2 unspecified atom stereocenters. The van der Waals surface area contributed by atoms with Crippen molar-refractivity contribution in [2.75, 3.05) is 6.61 Å². The number of ether oxygens (including phenoxy) is 3. The number of halogens is 1. The van der Waals surface area contributed by atoms with E-state index >= 15 is 0 Å². The number of carbonyl (C=O) groups is 2. The lowest BCUT2D eigenvalue weighted by Gasteiger charge is -2.17. The second kappa shape index (κ2) is 7.75. The van der Waals surface area contributed by atoms with Crippen LogP contribution in [0.3, 0.4) is 0 Å². The first-order valence-electron chi connectivity index (χ1n) is 7.18. The van der Waals surface area contributed by atoms with E-state index < -0.39 is 41.6 Å². The Morgan fingerprint density at radius 3 is 2.67 bits per heavy atom. The fourth-order valence-electron chi connectivity index (χ4n) is 2.39. The topological polar surface area (TPSA) is 117 Å². The largest absolute Gasteiger partial charge is 0.463 e. The van der Waals surface area contributed by atoms with Gasteiger partial charge in [-0.1, -0.05) is 15.9 Å². The number of alkyl halides is 1. The van der Waals surface area contributed by atoms with Gasteiger partial charge in [-0.05, 0) is 0 Å². The van der Waals surface area contributed by atoms with Gasteiger partial charge in [-0.3, -0.25) is 23.9 Å². The molecule has 1 aliphatic heterocycles. The Hall–Kier alpha value is -1.94. The standard InChI is InChI=1S/C14H17BrN2O7/c1-7(18)22-6-11-10(23-8(2)19)3-12(24-11)17-5-9(4-15)13(20)16-14(17)21/h5,10-12H,3-4,6H2,1-2H3,(H,16,20,21)/t10-,11?,12?/m0/s1. The van der Waals surface area contributed by atoms with Crippen molar-refractivity contribution < 1.29 is 23.8 Å². The van der Waals surface area contributed by atoms with Crippen molar-refractivity contribution in [1.29, 1.82) is 0 Å². The van der Waals surface area contributed by atoms with Gasteiger partial charge in [-0.15, -0.1) is 0 Å². The van der Waals surface area contributed by atoms with E-state index in [1.165, 1.54) is 24.6 Å². The Morgan fingerprint density at radius 1 is 1.38 bits per heavy atom. The summed E-state index contributed by atoms with van der Waals surface area (Å²) in [7, 11) is 0. The number of rotatable bonds is 5. The lowest BCUT2D eigenvalue weighted by molar-refractivity contribution is -0.155. The molecule has 0 spiro atoms. The van der Waals surface area contributed by atoms with Crippen LogP contribution in [0.5, 0.6) is 0 Å². The second-order valence-corrected chi connectivity index (χ2v) is 5.83. The molecule has 2 rings (SSSR count). The molecule has 1 N–H and O–H groups in total. The molecule has 0 bridgehead atoms. The summed E-state index contributed by atoms with van der Waals surface area (Å²) in [5, 5.41) is 0.263. The lowest BCUT2D eigenvalue weighted by Crippen LogP contribution is -2.34. The van der Waals surface area contributed by atoms with Gasteiger partial charge in [0.25, 0.3) is 5.56 Å². The lowest BCUT2D eigenvalue weighted by atomic mass is 10.2. The van der Waals surface area contributed by atoms with Gasteiger partial charge in [0.1, 0.15) is 25.0 Å². The Labute approximate surface area is 145 Å². The van der Waals surface area contributed by atoms with Crippen LogP contribution in [0.4, 0.5) is 0 Å². The number of H-pyrrole nitrogens is 1. The highest BCUT2D eigenvalue weighted by molar-refractivity contribution is 9.08. The summed E-state index contributed by atoms with van der Waals surface area (Å²) in [6.45, 7) is 2.40. The number of aromatic nitrogens is 2. The summed E-state index contributed by atoms with van der Waals surface area (Å²) in [6.07, 6.45) is -0.539. The van der Waals surface area contributed by atoms with Crippen LogP contribution in [0.1, 0.15) is 32.1 Å². The molecule has 0 aliphatic carbocycles. The van der Waals surface area contributed by atoms with Crippen LogP contribution in [0.2, 0.25) is 0 Å². The van der Waals surface area contributed by atoms with Gasteiger partial charge < -0.3 is 14.2 Å². The molecular formula is C14H17BrN2O7. The van der Waals surface area contributed by atoms with Gasteiger partial charge in [0.05, 0.1) is 0 Å². The third-order valence-corrected chi connectivity index (χ3v) is 4.05. The first kappa shape index (κ1) is 18.4. The smallest absolute Gasteiger partial charge is 0.330 e. The van der Waals surface area contributed by atoms with Gasteiger partial charge in [-0.25, -0.2) is 4.79 Å². The Bertz CT molecular complexity index is 741. The van der Waals surface area contributed by atoms with Crippen LogP contribution in [-0.4, -0.2) is 40.3 Å². The fraction of sp³-hybridized carbons (Fsp3) is 0.571. The number of hydrogen-bond acceptors (Lipinski definition) is 7. The zero-order valence-corrected chi connectivity index (χ0v) is 14.7. The highest BCUT2D eigenvalue weighted by Gasteiger charge is 2.39. The van der Waals surface area contributed by atoms with Crippen LogP contribution in [0.25, 0.3) is 0 Å². The molecule has 1 saturated heterocycles.